The molecule has 0 spiro atoms. The van der Waals surface area contributed by atoms with E-state index in [-0.39, 0.29) is 11.5 Å². The maximum atomic E-state index is 10.9. The van der Waals surface area contributed by atoms with Gasteiger partial charge in [-0.05, 0) is 18.5 Å². The van der Waals surface area contributed by atoms with E-state index in [0.29, 0.717) is 23.8 Å². The molecule has 16 heavy (non-hydrogen) atoms. The van der Waals surface area contributed by atoms with E-state index in [9.17, 15) is 9.59 Å². The molecule has 0 atom stereocenters. The Morgan fingerprint density at radius 2 is 2.12 bits per heavy atom. The van der Waals surface area contributed by atoms with E-state index in [1.54, 1.807) is 6.92 Å². The maximum Gasteiger partial charge on any atom is 0.340 e. The van der Waals surface area contributed by atoms with Crippen LogP contribution in [-0.2, 0) is 4.79 Å². The second-order valence-electron chi connectivity index (χ2n) is 3.19. The van der Waals surface area contributed by atoms with E-state index in [2.05, 4.69) is 15.0 Å². The lowest BCUT2D eigenvalue weighted by atomic mass is 10.2. The first-order valence-electron chi connectivity index (χ1n) is 4.70. The van der Waals surface area contributed by atoms with E-state index >= 15 is 0 Å². The lowest BCUT2D eigenvalue weighted by molar-refractivity contribution is -0.118. The first-order chi connectivity index (χ1) is 7.52. The number of carboxylic acid groups (broad SMARTS) is 1. The summed E-state index contributed by atoms with van der Waals surface area (Å²) in [5, 5.41) is 15.0. The van der Waals surface area contributed by atoms with Crippen molar-refractivity contribution in [2.75, 3.05) is 18.4 Å². The van der Waals surface area contributed by atoms with Crippen molar-refractivity contribution in [2.45, 2.75) is 13.8 Å². The van der Waals surface area contributed by atoms with Crippen molar-refractivity contribution < 1.29 is 14.7 Å². The smallest absolute Gasteiger partial charge is 0.340 e. The number of anilines is 1. The molecule has 0 saturated carbocycles. The molecule has 0 fully saturated rings. The lowest BCUT2D eigenvalue weighted by Crippen LogP contribution is -2.26. The Balaban J connectivity index is 2.54. The number of carbonyl (C=O) groups excluding carboxylic acids is 1. The van der Waals surface area contributed by atoms with Crippen molar-refractivity contribution in [3.8, 4) is 0 Å². The van der Waals surface area contributed by atoms with Gasteiger partial charge in [0.2, 0.25) is 5.91 Å². The Morgan fingerprint density at radius 1 is 1.44 bits per heavy atom. The number of carboxylic acids is 1. The zero-order chi connectivity index (χ0) is 12.1. The van der Waals surface area contributed by atoms with Gasteiger partial charge in [-0.1, -0.05) is 0 Å². The van der Waals surface area contributed by atoms with Crippen LogP contribution in [0.1, 0.15) is 23.0 Å². The summed E-state index contributed by atoms with van der Waals surface area (Å²) >= 11 is 1.11. The third kappa shape index (κ3) is 3.20. The first kappa shape index (κ1) is 12.4. The second-order valence-corrected chi connectivity index (χ2v) is 3.96. The molecule has 0 aliphatic heterocycles. The van der Waals surface area contributed by atoms with Crippen molar-refractivity contribution in [2.24, 2.45) is 0 Å². The second kappa shape index (κ2) is 5.45. The van der Waals surface area contributed by atoms with E-state index in [1.165, 1.54) is 6.92 Å². The van der Waals surface area contributed by atoms with E-state index in [4.69, 9.17) is 5.11 Å². The molecule has 6 nitrogen and oxygen atoms in total. The highest BCUT2D eigenvalue weighted by Crippen LogP contribution is 2.23. The van der Waals surface area contributed by atoms with Crippen LogP contribution in [0.2, 0.25) is 0 Å². The van der Waals surface area contributed by atoms with Crippen molar-refractivity contribution in [3.63, 3.8) is 0 Å². The predicted molar refractivity (Wildman–Crippen MR) is 61.0 cm³/mol. The fraction of sp³-hybridized carbons (Fsp3) is 0.444. The Labute approximate surface area is 96.8 Å². The number of hydrogen-bond donors (Lipinski definition) is 3. The van der Waals surface area contributed by atoms with Gasteiger partial charge in [0.25, 0.3) is 0 Å². The van der Waals surface area contributed by atoms with Gasteiger partial charge in [-0.25, -0.2) is 4.79 Å². The molecule has 0 aliphatic rings. The van der Waals surface area contributed by atoms with Crippen LogP contribution in [0.5, 0.6) is 0 Å². The highest BCUT2D eigenvalue weighted by Gasteiger charge is 2.16. The number of rotatable bonds is 5. The molecule has 1 aromatic rings. The molecule has 1 aromatic heterocycles. The SMILES string of the molecule is CC(=O)NCCNc1snc(C)c1C(=O)O. The van der Waals surface area contributed by atoms with Crippen LogP contribution in [0.15, 0.2) is 0 Å². The van der Waals surface area contributed by atoms with Gasteiger partial charge in [-0.15, -0.1) is 0 Å². The first-order valence-corrected chi connectivity index (χ1v) is 5.47. The topological polar surface area (TPSA) is 91.3 Å². The quantitative estimate of drug-likeness (QED) is 0.662. The molecule has 1 rings (SSSR count). The van der Waals surface area contributed by atoms with Gasteiger partial charge in [0.15, 0.2) is 0 Å². The normalized spacial score (nSPS) is 9.88. The van der Waals surface area contributed by atoms with Crippen LogP contribution in [-0.4, -0.2) is 34.4 Å². The molecule has 88 valence electrons. The van der Waals surface area contributed by atoms with Crippen LogP contribution in [0.4, 0.5) is 5.00 Å². The maximum absolute atomic E-state index is 10.9. The molecular weight excluding hydrogens is 230 g/mol. The third-order valence-corrected chi connectivity index (χ3v) is 2.76. The summed E-state index contributed by atoms with van der Waals surface area (Å²) in [7, 11) is 0. The molecule has 7 heteroatoms. The number of hydrogen-bond acceptors (Lipinski definition) is 5. The summed E-state index contributed by atoms with van der Waals surface area (Å²) in [6.45, 7) is 4.01. The molecule has 1 heterocycles. The number of carbonyl (C=O) groups is 2. The molecular formula is C9H13N3O3S. The minimum atomic E-state index is -0.992. The molecule has 1 amide bonds. The van der Waals surface area contributed by atoms with Crippen molar-refractivity contribution in [3.05, 3.63) is 11.3 Å². The van der Waals surface area contributed by atoms with Crippen molar-refractivity contribution in [1.82, 2.24) is 9.69 Å². The van der Waals surface area contributed by atoms with Crippen LogP contribution in [0.25, 0.3) is 0 Å². The van der Waals surface area contributed by atoms with Crippen molar-refractivity contribution >= 4 is 28.4 Å². The number of amides is 1. The molecule has 0 aromatic carbocycles. The van der Waals surface area contributed by atoms with Crippen LogP contribution < -0.4 is 10.6 Å². The minimum Gasteiger partial charge on any atom is -0.478 e. The monoisotopic (exact) mass is 243 g/mol. The van der Waals surface area contributed by atoms with Gasteiger partial charge >= 0.3 is 5.97 Å². The summed E-state index contributed by atoms with van der Waals surface area (Å²) in [6, 6.07) is 0. The van der Waals surface area contributed by atoms with E-state index < -0.39 is 5.97 Å². The van der Waals surface area contributed by atoms with Crippen molar-refractivity contribution in [1.29, 1.82) is 0 Å². The molecule has 3 N–H and O–H groups in total. The zero-order valence-electron chi connectivity index (χ0n) is 9.03. The van der Waals surface area contributed by atoms with Gasteiger partial charge in [-0.2, -0.15) is 4.37 Å². The van der Waals surface area contributed by atoms with Crippen LogP contribution >= 0.6 is 11.5 Å². The summed E-state index contributed by atoms with van der Waals surface area (Å²) < 4.78 is 3.96. The average molecular weight is 243 g/mol. The number of nitrogens with one attached hydrogen (secondary N) is 2. The number of nitrogens with zero attached hydrogens (tertiary/aromatic N) is 1. The zero-order valence-corrected chi connectivity index (χ0v) is 9.85. The molecule has 0 aliphatic carbocycles. The van der Waals surface area contributed by atoms with Gasteiger partial charge in [0.05, 0.1) is 5.69 Å². The summed E-state index contributed by atoms with van der Waals surface area (Å²) in [4.78, 5) is 21.5. The van der Waals surface area contributed by atoms with Gasteiger partial charge in [0, 0.05) is 20.0 Å². The highest BCUT2D eigenvalue weighted by molar-refractivity contribution is 7.10. The minimum absolute atomic E-state index is 0.110. The van der Waals surface area contributed by atoms with Gasteiger partial charge in [-0.3, -0.25) is 4.79 Å². The van der Waals surface area contributed by atoms with Crippen LogP contribution in [0.3, 0.4) is 0 Å². The molecule has 0 bridgehead atoms. The standard InChI is InChI=1S/C9H13N3O3S/c1-5-7(9(14)15)8(16-12-5)11-4-3-10-6(2)13/h11H,3-4H2,1-2H3,(H,10,13)(H,14,15). The Hall–Kier alpha value is -1.63. The summed E-state index contributed by atoms with van der Waals surface area (Å²) in [6.07, 6.45) is 0. The third-order valence-electron chi connectivity index (χ3n) is 1.86. The Bertz CT molecular complexity index is 403. The van der Waals surface area contributed by atoms with Crippen LogP contribution in [0, 0.1) is 6.92 Å². The summed E-state index contributed by atoms with van der Waals surface area (Å²) in [5.74, 6) is -1.10. The molecule has 0 radical (unpaired) electrons. The molecule has 0 unspecified atom stereocenters. The predicted octanol–water partition coefficient (Wildman–Crippen LogP) is 0.698. The Morgan fingerprint density at radius 3 is 2.69 bits per heavy atom. The number of aryl methyl sites for hydroxylation is 1. The fourth-order valence-corrected chi connectivity index (χ4v) is 1.97. The molecule has 0 saturated heterocycles. The largest absolute Gasteiger partial charge is 0.478 e. The lowest BCUT2D eigenvalue weighted by Gasteiger charge is -2.05. The van der Waals surface area contributed by atoms with E-state index in [1.807, 2.05) is 0 Å². The number of aromatic nitrogens is 1. The van der Waals surface area contributed by atoms with Gasteiger partial charge < -0.3 is 15.7 Å². The number of aromatic carboxylic acids is 1. The fourth-order valence-electron chi connectivity index (χ4n) is 1.16. The van der Waals surface area contributed by atoms with E-state index in [0.717, 1.165) is 11.5 Å². The highest BCUT2D eigenvalue weighted by atomic mass is 32.1. The van der Waals surface area contributed by atoms with Gasteiger partial charge in [0.1, 0.15) is 10.6 Å². The average Bonchev–Trinajstić information content (AvgIpc) is 2.54. The Kier molecular flexibility index (Phi) is 4.24. The summed E-state index contributed by atoms with van der Waals surface area (Å²) in [5.41, 5.74) is 0.701.